The van der Waals surface area contributed by atoms with Gasteiger partial charge in [-0.1, -0.05) is 0 Å². The zero-order chi connectivity index (χ0) is 18.7. The Hall–Kier alpha value is -2.85. The van der Waals surface area contributed by atoms with Crippen molar-refractivity contribution in [1.29, 1.82) is 0 Å². The van der Waals surface area contributed by atoms with Gasteiger partial charge in [-0.25, -0.2) is 4.98 Å². The van der Waals surface area contributed by atoms with Crippen LogP contribution in [0.3, 0.4) is 0 Å². The maximum atomic E-state index is 12.6. The molecular weight excluding hydrogens is 360 g/mol. The largest absolute Gasteiger partial charge is 0.491 e. The average Bonchev–Trinajstić information content (AvgIpc) is 3.21. The summed E-state index contributed by atoms with van der Waals surface area (Å²) >= 11 is 0. The summed E-state index contributed by atoms with van der Waals surface area (Å²) in [7, 11) is -0.777. The molecule has 26 heavy (non-hydrogen) atoms. The number of anilines is 1. The van der Waals surface area contributed by atoms with E-state index in [0.29, 0.717) is 41.8 Å². The van der Waals surface area contributed by atoms with Gasteiger partial charge >= 0.3 is 0 Å². The summed E-state index contributed by atoms with van der Waals surface area (Å²) in [4.78, 5) is 17.8. The first-order chi connectivity index (χ1) is 12.4. The van der Waals surface area contributed by atoms with Crippen LogP contribution in [0.4, 0.5) is 5.69 Å². The molecule has 9 nitrogen and oxygen atoms in total. The smallest absolute Gasteiger partial charge is 0.295 e. The number of rotatable bonds is 8. The summed E-state index contributed by atoms with van der Waals surface area (Å²) < 4.78 is 39.7. The molecule has 0 bridgehead atoms. The van der Waals surface area contributed by atoms with Crippen LogP contribution in [0.5, 0.6) is 5.75 Å². The van der Waals surface area contributed by atoms with Crippen molar-refractivity contribution in [2.75, 3.05) is 25.0 Å². The van der Waals surface area contributed by atoms with Crippen molar-refractivity contribution < 1.29 is 22.7 Å². The van der Waals surface area contributed by atoms with Gasteiger partial charge in [0.1, 0.15) is 12.4 Å². The highest BCUT2D eigenvalue weighted by Gasteiger charge is 2.21. The Morgan fingerprint density at radius 3 is 2.77 bits per heavy atom. The fourth-order valence-corrected chi connectivity index (χ4v) is 3.69. The fourth-order valence-electron chi connectivity index (χ4n) is 2.51. The lowest BCUT2D eigenvalue weighted by Crippen LogP contribution is -2.17. The molecule has 0 aliphatic carbocycles. The van der Waals surface area contributed by atoms with Gasteiger partial charge in [0.05, 0.1) is 23.5 Å². The minimum absolute atomic E-state index is 0.126. The van der Waals surface area contributed by atoms with Gasteiger partial charge in [-0.3, -0.25) is 9.52 Å². The molecule has 0 amide bonds. The number of nitrogens with zero attached hydrogens (tertiary/aromatic N) is 2. The molecule has 0 fully saturated rings. The zero-order valence-corrected chi connectivity index (χ0v) is 15.0. The van der Waals surface area contributed by atoms with Gasteiger partial charge in [0.25, 0.3) is 10.0 Å². The predicted molar refractivity (Wildman–Crippen MR) is 95.1 cm³/mol. The van der Waals surface area contributed by atoms with Crippen LogP contribution < -0.4 is 9.46 Å². The number of nitrogens with one attached hydrogen (secondary N) is 2. The number of methoxy groups -OCH3 is 1. The van der Waals surface area contributed by atoms with E-state index in [1.54, 1.807) is 32.4 Å². The standard InChI is InChI=1S/C16H18N4O5S/c1-20-4-3-17-16(20)26(22,23)19-14-9-13(25-6-5-24-2)8-11-7-12(10-21)18-15(11)14/h3-4,7-10,18-19H,5-6H2,1-2H3. The first kappa shape index (κ1) is 18.0. The number of aldehydes is 1. The highest BCUT2D eigenvalue weighted by molar-refractivity contribution is 7.92. The van der Waals surface area contributed by atoms with E-state index in [-0.39, 0.29) is 10.8 Å². The first-order valence-electron chi connectivity index (χ1n) is 7.68. The lowest BCUT2D eigenvalue weighted by Gasteiger charge is -2.12. The van der Waals surface area contributed by atoms with Crippen LogP contribution in [0.2, 0.25) is 0 Å². The van der Waals surface area contributed by atoms with Crippen LogP contribution in [0.25, 0.3) is 10.9 Å². The molecule has 10 heteroatoms. The Balaban J connectivity index is 2.03. The molecule has 2 aromatic heterocycles. The Morgan fingerprint density at radius 1 is 1.31 bits per heavy atom. The summed E-state index contributed by atoms with van der Waals surface area (Å²) in [5, 5.41) is 0.512. The molecule has 3 rings (SSSR count). The quantitative estimate of drug-likeness (QED) is 0.454. The minimum atomic E-state index is -3.92. The van der Waals surface area contributed by atoms with Crippen LogP contribution in [-0.4, -0.2) is 49.6 Å². The van der Waals surface area contributed by atoms with Gasteiger partial charge in [-0.05, 0) is 12.1 Å². The molecule has 0 unspecified atom stereocenters. The molecule has 0 saturated carbocycles. The molecule has 3 aromatic rings. The Kier molecular flexibility index (Phi) is 4.96. The van der Waals surface area contributed by atoms with Crippen molar-refractivity contribution >= 4 is 32.9 Å². The number of H-pyrrole nitrogens is 1. The van der Waals surface area contributed by atoms with Gasteiger partial charge < -0.3 is 19.0 Å². The Labute approximate surface area is 150 Å². The number of imidazole rings is 1. The number of carbonyl (C=O) groups excluding carboxylic acids is 1. The number of aromatic amines is 1. The van der Waals surface area contributed by atoms with E-state index in [4.69, 9.17) is 9.47 Å². The zero-order valence-electron chi connectivity index (χ0n) is 14.2. The number of benzene rings is 1. The molecule has 0 saturated heterocycles. The second-order valence-electron chi connectivity index (χ2n) is 5.55. The number of carbonyl (C=O) groups is 1. The predicted octanol–water partition coefficient (Wildman–Crippen LogP) is 1.54. The van der Waals surface area contributed by atoms with Crippen LogP contribution in [0.1, 0.15) is 10.5 Å². The number of ether oxygens (including phenoxy) is 2. The van der Waals surface area contributed by atoms with Gasteiger partial charge in [0.2, 0.25) is 5.16 Å². The number of fused-ring (bicyclic) bond motifs is 1. The number of aryl methyl sites for hydroxylation is 1. The first-order valence-corrected chi connectivity index (χ1v) is 9.17. The van der Waals surface area contributed by atoms with Crippen LogP contribution in [-0.2, 0) is 21.8 Å². The summed E-state index contributed by atoms with van der Waals surface area (Å²) in [6, 6.07) is 4.88. The van der Waals surface area contributed by atoms with Gasteiger partial charge in [0, 0.05) is 38.0 Å². The maximum absolute atomic E-state index is 12.6. The highest BCUT2D eigenvalue weighted by atomic mass is 32.2. The van der Waals surface area contributed by atoms with E-state index < -0.39 is 10.0 Å². The lowest BCUT2D eigenvalue weighted by atomic mass is 10.2. The van der Waals surface area contributed by atoms with Crippen molar-refractivity contribution in [1.82, 2.24) is 14.5 Å². The van der Waals surface area contributed by atoms with E-state index in [0.717, 1.165) is 0 Å². The van der Waals surface area contributed by atoms with Crippen molar-refractivity contribution in [3.8, 4) is 5.75 Å². The van der Waals surface area contributed by atoms with Crippen LogP contribution in [0, 0.1) is 0 Å². The van der Waals surface area contributed by atoms with Crippen molar-refractivity contribution in [3.05, 3.63) is 36.3 Å². The molecule has 138 valence electrons. The van der Waals surface area contributed by atoms with Gasteiger partial charge in [0.15, 0.2) is 6.29 Å². The third-order valence-electron chi connectivity index (χ3n) is 3.67. The van der Waals surface area contributed by atoms with E-state index >= 15 is 0 Å². The van der Waals surface area contributed by atoms with Crippen molar-refractivity contribution in [3.63, 3.8) is 0 Å². The molecule has 1 aromatic carbocycles. The number of hydrogen-bond donors (Lipinski definition) is 2. The minimum Gasteiger partial charge on any atom is -0.491 e. The van der Waals surface area contributed by atoms with Crippen LogP contribution >= 0.6 is 0 Å². The third-order valence-corrected chi connectivity index (χ3v) is 5.03. The normalized spacial score (nSPS) is 11.6. The van der Waals surface area contributed by atoms with Crippen molar-refractivity contribution in [2.45, 2.75) is 5.16 Å². The van der Waals surface area contributed by atoms with E-state index in [1.165, 1.54) is 17.0 Å². The summed E-state index contributed by atoms with van der Waals surface area (Å²) in [6.07, 6.45) is 3.59. The van der Waals surface area contributed by atoms with E-state index in [9.17, 15) is 13.2 Å². The lowest BCUT2D eigenvalue weighted by molar-refractivity contribution is 0.112. The second-order valence-corrected chi connectivity index (χ2v) is 7.12. The molecular formula is C16H18N4O5S. The van der Waals surface area contributed by atoms with Crippen LogP contribution in [0.15, 0.2) is 35.7 Å². The number of aromatic nitrogens is 3. The Bertz CT molecular complexity index is 1040. The van der Waals surface area contributed by atoms with Crippen molar-refractivity contribution in [2.24, 2.45) is 7.05 Å². The highest BCUT2D eigenvalue weighted by Crippen LogP contribution is 2.31. The number of sulfonamides is 1. The average molecular weight is 378 g/mol. The number of hydrogen-bond acceptors (Lipinski definition) is 6. The molecule has 0 aliphatic heterocycles. The molecule has 2 N–H and O–H groups in total. The SMILES string of the molecule is COCCOc1cc(NS(=O)(=O)c2nccn2C)c2[nH]c(C=O)cc2c1. The fraction of sp³-hybridized carbons (Fsp3) is 0.250. The maximum Gasteiger partial charge on any atom is 0.295 e. The molecule has 0 radical (unpaired) electrons. The second kappa shape index (κ2) is 7.18. The summed E-state index contributed by atoms with van der Waals surface area (Å²) in [5.41, 5.74) is 1.06. The third kappa shape index (κ3) is 3.55. The molecule has 0 atom stereocenters. The van der Waals surface area contributed by atoms with E-state index in [1.807, 2.05) is 0 Å². The summed E-state index contributed by atoms with van der Waals surface area (Å²) in [6.45, 7) is 0.692. The topological polar surface area (TPSA) is 115 Å². The molecule has 2 heterocycles. The van der Waals surface area contributed by atoms with E-state index in [2.05, 4.69) is 14.7 Å². The summed E-state index contributed by atoms with van der Waals surface area (Å²) in [5.74, 6) is 0.448. The van der Waals surface area contributed by atoms with Gasteiger partial charge in [-0.15, -0.1) is 0 Å². The van der Waals surface area contributed by atoms with Gasteiger partial charge in [-0.2, -0.15) is 8.42 Å². The molecule has 0 aliphatic rings. The monoisotopic (exact) mass is 378 g/mol. The Morgan fingerprint density at radius 2 is 2.12 bits per heavy atom. The molecule has 0 spiro atoms.